The number of nitrogens with zero attached hydrogens (tertiary/aromatic N) is 2. The fraction of sp³-hybridized carbons (Fsp3) is 0.440. The molecule has 2 aromatic rings. The summed E-state index contributed by atoms with van der Waals surface area (Å²) >= 11 is 0. The van der Waals surface area contributed by atoms with Gasteiger partial charge >= 0.3 is 6.09 Å². The molecule has 11 heteroatoms. The molecule has 0 spiro atoms. The second kappa shape index (κ2) is 11.0. The van der Waals surface area contributed by atoms with E-state index in [0.29, 0.717) is 37.4 Å². The molecule has 0 saturated carbocycles. The number of hydrogen-bond donors (Lipinski definition) is 2. The zero-order valence-electron chi connectivity index (χ0n) is 20.3. The van der Waals surface area contributed by atoms with Gasteiger partial charge in [-0.3, -0.25) is 9.69 Å². The third-order valence-corrected chi connectivity index (χ3v) is 7.79. The Morgan fingerprint density at radius 1 is 1.08 bits per heavy atom. The average molecular weight is 518 g/mol. The first-order valence-corrected chi connectivity index (χ1v) is 13.4. The molecule has 2 aliphatic heterocycles. The van der Waals surface area contributed by atoms with Crippen LogP contribution in [0, 0.1) is 0 Å². The highest BCUT2D eigenvalue weighted by atomic mass is 32.2. The van der Waals surface area contributed by atoms with Crippen LogP contribution in [0.3, 0.4) is 0 Å². The molecule has 2 aliphatic rings. The molecule has 36 heavy (non-hydrogen) atoms. The lowest BCUT2D eigenvalue weighted by molar-refractivity contribution is -0.117. The first-order chi connectivity index (χ1) is 17.2. The molecule has 1 saturated heterocycles. The van der Waals surface area contributed by atoms with Gasteiger partial charge in [0.15, 0.2) is 0 Å². The van der Waals surface area contributed by atoms with E-state index in [1.807, 2.05) is 19.1 Å². The predicted octanol–water partition coefficient (Wildman–Crippen LogP) is 2.50. The smallest absolute Gasteiger partial charge is 0.414 e. The van der Waals surface area contributed by atoms with E-state index in [2.05, 4.69) is 4.72 Å². The maximum absolute atomic E-state index is 13.2. The number of benzene rings is 2. The number of rotatable bonds is 6. The minimum Gasteiger partial charge on any atom is -0.446 e. The largest absolute Gasteiger partial charge is 0.446 e. The normalized spacial score (nSPS) is 18.6. The molecular formula is C25H31N3O7S. The number of fused-ring (bicyclic) bond motifs is 1. The summed E-state index contributed by atoms with van der Waals surface area (Å²) in [7, 11) is -3.73. The quantitative estimate of drug-likeness (QED) is 0.603. The van der Waals surface area contributed by atoms with E-state index in [0.717, 1.165) is 11.1 Å². The molecular weight excluding hydrogens is 486 g/mol. The second-order valence-electron chi connectivity index (χ2n) is 8.89. The lowest BCUT2D eigenvalue weighted by Gasteiger charge is -2.41. The summed E-state index contributed by atoms with van der Waals surface area (Å²) in [6.45, 7) is 4.40. The van der Waals surface area contributed by atoms with Crippen LogP contribution in [0.1, 0.15) is 26.7 Å². The maximum atomic E-state index is 13.2. The number of carbonyl (C=O) groups excluding carboxylic acids is 2. The maximum Gasteiger partial charge on any atom is 0.414 e. The van der Waals surface area contributed by atoms with Crippen LogP contribution in [0.15, 0.2) is 47.4 Å². The van der Waals surface area contributed by atoms with E-state index in [-0.39, 0.29) is 42.6 Å². The van der Waals surface area contributed by atoms with Crippen LogP contribution in [0.25, 0.3) is 11.1 Å². The number of aliphatic hydroxyl groups excluding tert-OH is 1. The number of ether oxygens (including phenoxy) is 2. The van der Waals surface area contributed by atoms with E-state index in [4.69, 9.17) is 14.6 Å². The van der Waals surface area contributed by atoms with E-state index < -0.39 is 16.1 Å². The van der Waals surface area contributed by atoms with Gasteiger partial charge in [0.1, 0.15) is 6.10 Å². The molecule has 1 atom stereocenters. The van der Waals surface area contributed by atoms with Crippen LogP contribution >= 0.6 is 0 Å². The van der Waals surface area contributed by atoms with Crippen LogP contribution < -0.4 is 14.5 Å². The zero-order chi connectivity index (χ0) is 25.9. The minimum atomic E-state index is -3.73. The lowest BCUT2D eigenvalue weighted by Crippen LogP contribution is -2.52. The summed E-state index contributed by atoms with van der Waals surface area (Å²) in [5.74, 6) is -0.126. The second-order valence-corrected chi connectivity index (χ2v) is 10.7. The number of hydrogen-bond acceptors (Lipinski definition) is 7. The van der Waals surface area contributed by atoms with Gasteiger partial charge in [-0.15, -0.1) is 0 Å². The van der Waals surface area contributed by atoms with Gasteiger partial charge in [0, 0.05) is 32.9 Å². The van der Waals surface area contributed by atoms with Gasteiger partial charge < -0.3 is 19.5 Å². The molecule has 0 aromatic heterocycles. The summed E-state index contributed by atoms with van der Waals surface area (Å²) in [4.78, 5) is 28.9. The van der Waals surface area contributed by atoms with Crippen molar-refractivity contribution in [2.45, 2.75) is 43.7 Å². The Labute approximate surface area is 210 Å². The molecule has 2 heterocycles. The van der Waals surface area contributed by atoms with Crippen molar-refractivity contribution in [3.05, 3.63) is 42.5 Å². The van der Waals surface area contributed by atoms with Crippen LogP contribution in [0.4, 0.5) is 16.2 Å². The standard InChI is InChI=1S/C25H31N3O7S/c1-17-16-27(25(31)35-21-9-13-34-14-10-21)24-15-20(5-8-23(24)28(17)18(2)30)19-3-6-22(7-4-19)36(32,33)26-11-12-29/h3-8,15,17,21,26,29H,9-14,16H2,1-2H3. The van der Waals surface area contributed by atoms with Crippen molar-refractivity contribution in [3.63, 3.8) is 0 Å². The predicted molar refractivity (Wildman–Crippen MR) is 134 cm³/mol. The van der Waals surface area contributed by atoms with Crippen molar-refractivity contribution in [3.8, 4) is 11.1 Å². The topological polar surface area (TPSA) is 125 Å². The average Bonchev–Trinajstić information content (AvgIpc) is 2.87. The number of sulfonamides is 1. The first kappa shape index (κ1) is 26.1. The Balaban J connectivity index is 1.66. The number of anilines is 2. The van der Waals surface area contributed by atoms with Crippen LogP contribution in [0.5, 0.6) is 0 Å². The first-order valence-electron chi connectivity index (χ1n) is 11.9. The molecule has 2 amide bonds. The Morgan fingerprint density at radius 3 is 2.39 bits per heavy atom. The van der Waals surface area contributed by atoms with E-state index in [1.54, 1.807) is 28.0 Å². The fourth-order valence-corrected chi connectivity index (χ4v) is 5.57. The van der Waals surface area contributed by atoms with Crippen molar-refractivity contribution in [2.75, 3.05) is 42.7 Å². The summed E-state index contributed by atoms with van der Waals surface area (Å²) in [5, 5.41) is 8.89. The van der Waals surface area contributed by atoms with Gasteiger partial charge in [0.2, 0.25) is 15.9 Å². The number of nitrogens with one attached hydrogen (secondary N) is 1. The number of carbonyl (C=O) groups is 2. The monoisotopic (exact) mass is 517 g/mol. The van der Waals surface area contributed by atoms with Gasteiger partial charge in [0.05, 0.1) is 42.1 Å². The molecule has 1 unspecified atom stereocenters. The Hall–Kier alpha value is -2.99. The third kappa shape index (κ3) is 5.54. The van der Waals surface area contributed by atoms with Crippen LogP contribution in [-0.2, 0) is 24.3 Å². The van der Waals surface area contributed by atoms with Gasteiger partial charge in [-0.05, 0) is 42.3 Å². The fourth-order valence-electron chi connectivity index (χ4n) is 4.55. The van der Waals surface area contributed by atoms with Crippen molar-refractivity contribution < 1.29 is 32.6 Å². The van der Waals surface area contributed by atoms with Crippen LogP contribution in [-0.4, -0.2) is 70.6 Å². The molecule has 0 bridgehead atoms. The molecule has 10 nitrogen and oxygen atoms in total. The summed E-state index contributed by atoms with van der Waals surface area (Å²) < 4.78 is 38.1. The highest BCUT2D eigenvalue weighted by Crippen LogP contribution is 2.39. The van der Waals surface area contributed by atoms with Gasteiger partial charge in [-0.2, -0.15) is 0 Å². The molecule has 194 valence electrons. The van der Waals surface area contributed by atoms with Gasteiger partial charge in [-0.25, -0.2) is 17.9 Å². The summed E-state index contributed by atoms with van der Waals surface area (Å²) in [5.41, 5.74) is 2.66. The van der Waals surface area contributed by atoms with Crippen molar-refractivity contribution in [2.24, 2.45) is 0 Å². The molecule has 1 fully saturated rings. The van der Waals surface area contributed by atoms with Gasteiger partial charge in [-0.1, -0.05) is 18.2 Å². The van der Waals surface area contributed by atoms with E-state index in [1.165, 1.54) is 19.1 Å². The van der Waals surface area contributed by atoms with Crippen molar-refractivity contribution >= 4 is 33.4 Å². The molecule has 0 radical (unpaired) electrons. The Kier molecular flexibility index (Phi) is 7.94. The Bertz CT molecular complexity index is 1210. The van der Waals surface area contributed by atoms with Gasteiger partial charge in [0.25, 0.3) is 0 Å². The van der Waals surface area contributed by atoms with Crippen LogP contribution in [0.2, 0.25) is 0 Å². The zero-order valence-corrected chi connectivity index (χ0v) is 21.2. The SMILES string of the molecule is CC(=O)N1c2ccc(-c3ccc(S(=O)(=O)NCCO)cc3)cc2N(C(=O)OC2CCOCC2)CC1C. The summed E-state index contributed by atoms with van der Waals surface area (Å²) in [6, 6.07) is 11.5. The van der Waals surface area contributed by atoms with E-state index in [9.17, 15) is 18.0 Å². The van der Waals surface area contributed by atoms with Crippen molar-refractivity contribution in [1.82, 2.24) is 4.72 Å². The minimum absolute atomic E-state index is 0.0696. The molecule has 2 N–H and O–H groups in total. The lowest BCUT2D eigenvalue weighted by atomic mass is 10.0. The number of amides is 2. The summed E-state index contributed by atoms with van der Waals surface area (Å²) in [6.07, 6.45) is 0.605. The molecule has 0 aliphatic carbocycles. The third-order valence-electron chi connectivity index (χ3n) is 6.31. The van der Waals surface area contributed by atoms with Crippen molar-refractivity contribution in [1.29, 1.82) is 0 Å². The molecule has 4 rings (SSSR count). The molecule has 2 aromatic carbocycles. The Morgan fingerprint density at radius 2 is 1.75 bits per heavy atom. The van der Waals surface area contributed by atoms with E-state index >= 15 is 0 Å². The highest BCUT2D eigenvalue weighted by Gasteiger charge is 2.35. The highest BCUT2D eigenvalue weighted by molar-refractivity contribution is 7.89. The number of aliphatic hydroxyl groups is 1.